The van der Waals surface area contributed by atoms with Gasteiger partial charge in [0.15, 0.2) is 11.6 Å². The van der Waals surface area contributed by atoms with Crippen molar-refractivity contribution in [3.05, 3.63) is 75.9 Å². The maximum atomic E-state index is 13.2. The van der Waals surface area contributed by atoms with Crippen molar-refractivity contribution in [3.8, 4) is 0 Å². The normalized spacial score (nSPS) is 10.8. The Morgan fingerprint density at radius 1 is 1.00 bits per heavy atom. The highest BCUT2D eigenvalue weighted by atomic mass is 79.9. The molecule has 0 bridgehead atoms. The quantitative estimate of drug-likeness (QED) is 0.638. The number of fused-ring (bicyclic) bond motifs is 1. The van der Waals surface area contributed by atoms with Gasteiger partial charge < -0.3 is 0 Å². The Morgan fingerprint density at radius 2 is 1.76 bits per heavy atom. The fraction of sp³-hybridized carbons (Fsp3) is 0. The van der Waals surface area contributed by atoms with Crippen molar-refractivity contribution in [2.24, 2.45) is 0 Å². The second-order valence-corrected chi connectivity index (χ2v) is 5.32. The molecular formula is C16H8BrF2NO. The lowest BCUT2D eigenvalue weighted by molar-refractivity contribution is 0.103. The van der Waals surface area contributed by atoms with Crippen LogP contribution in [0.25, 0.3) is 10.9 Å². The summed E-state index contributed by atoms with van der Waals surface area (Å²) in [5.41, 5.74) is 0.878. The molecule has 1 aromatic heterocycles. The third-order valence-electron chi connectivity index (χ3n) is 3.07. The molecule has 3 rings (SSSR count). The predicted octanol–water partition coefficient (Wildman–Crippen LogP) is 4.51. The number of benzene rings is 2. The number of hydrogen-bond acceptors (Lipinski definition) is 2. The molecule has 21 heavy (non-hydrogen) atoms. The van der Waals surface area contributed by atoms with E-state index in [9.17, 15) is 13.6 Å². The second-order valence-electron chi connectivity index (χ2n) is 4.47. The van der Waals surface area contributed by atoms with E-state index >= 15 is 0 Å². The van der Waals surface area contributed by atoms with E-state index < -0.39 is 17.4 Å². The number of ketones is 1. The molecule has 2 aromatic carbocycles. The number of rotatable bonds is 2. The number of para-hydroxylation sites is 1. The topological polar surface area (TPSA) is 30.0 Å². The summed E-state index contributed by atoms with van der Waals surface area (Å²) in [7, 11) is 0. The summed E-state index contributed by atoms with van der Waals surface area (Å²) in [5, 5.41) is 0.881. The van der Waals surface area contributed by atoms with E-state index in [2.05, 4.69) is 20.9 Å². The van der Waals surface area contributed by atoms with Gasteiger partial charge in [-0.1, -0.05) is 18.2 Å². The number of halogens is 3. The van der Waals surface area contributed by atoms with Gasteiger partial charge in [0, 0.05) is 15.4 Å². The lowest BCUT2D eigenvalue weighted by Crippen LogP contribution is -2.06. The maximum Gasteiger partial charge on any atom is 0.212 e. The van der Waals surface area contributed by atoms with Crippen molar-refractivity contribution >= 4 is 32.6 Å². The van der Waals surface area contributed by atoms with E-state index in [-0.39, 0.29) is 11.3 Å². The molecule has 0 aliphatic carbocycles. The summed E-state index contributed by atoms with van der Waals surface area (Å²) in [6, 6.07) is 12.2. The molecule has 1 heterocycles. The molecule has 0 fully saturated rings. The summed E-state index contributed by atoms with van der Waals surface area (Å²) in [6.45, 7) is 0. The highest BCUT2D eigenvalue weighted by Gasteiger charge is 2.17. The fourth-order valence-corrected chi connectivity index (χ4v) is 2.54. The third kappa shape index (κ3) is 2.56. The number of aromatic nitrogens is 1. The first-order chi connectivity index (χ1) is 10.1. The molecule has 2 nitrogen and oxygen atoms in total. The minimum atomic E-state index is -1.06. The molecule has 0 unspecified atom stereocenters. The van der Waals surface area contributed by atoms with Crippen LogP contribution in [0.15, 0.2) is 53.0 Å². The van der Waals surface area contributed by atoms with Gasteiger partial charge in [0.25, 0.3) is 0 Å². The summed E-state index contributed by atoms with van der Waals surface area (Å²) >= 11 is 3.30. The molecule has 0 radical (unpaired) electrons. The van der Waals surface area contributed by atoms with Crippen LogP contribution in [0.2, 0.25) is 0 Å². The number of carbonyl (C=O) groups is 1. The lowest BCUT2D eigenvalue weighted by Gasteiger charge is -2.06. The van der Waals surface area contributed by atoms with E-state index in [1.165, 1.54) is 6.07 Å². The number of pyridine rings is 1. The first-order valence-electron chi connectivity index (χ1n) is 6.11. The van der Waals surface area contributed by atoms with Crippen molar-refractivity contribution in [3.63, 3.8) is 0 Å². The monoisotopic (exact) mass is 347 g/mol. The summed E-state index contributed by atoms with van der Waals surface area (Å²) in [5.74, 6) is -2.51. The van der Waals surface area contributed by atoms with E-state index in [1.807, 2.05) is 18.2 Å². The fourth-order valence-electron chi connectivity index (χ4n) is 2.02. The first kappa shape index (κ1) is 13.8. The molecule has 104 valence electrons. The van der Waals surface area contributed by atoms with Gasteiger partial charge >= 0.3 is 0 Å². The molecule has 0 aliphatic heterocycles. The van der Waals surface area contributed by atoms with E-state index in [1.54, 1.807) is 12.1 Å². The van der Waals surface area contributed by atoms with Gasteiger partial charge in [-0.15, -0.1) is 0 Å². The Labute approximate surface area is 127 Å². The van der Waals surface area contributed by atoms with Gasteiger partial charge in [-0.25, -0.2) is 13.8 Å². The SMILES string of the molecule is O=C(c1ccc(F)c(F)c1)c1nc2ccccc2cc1Br. The molecule has 0 spiro atoms. The molecule has 3 aromatic rings. The zero-order valence-electron chi connectivity index (χ0n) is 10.6. The van der Waals surface area contributed by atoms with E-state index in [0.717, 1.165) is 17.5 Å². The minimum Gasteiger partial charge on any atom is -0.287 e. The van der Waals surface area contributed by atoms with Gasteiger partial charge in [0.1, 0.15) is 5.69 Å². The van der Waals surface area contributed by atoms with Gasteiger partial charge in [-0.05, 0) is 46.3 Å². The second kappa shape index (κ2) is 5.33. The van der Waals surface area contributed by atoms with Crippen LogP contribution >= 0.6 is 15.9 Å². The van der Waals surface area contributed by atoms with Gasteiger partial charge in [-0.3, -0.25) is 4.79 Å². The van der Waals surface area contributed by atoms with Crippen molar-refractivity contribution in [1.29, 1.82) is 0 Å². The average Bonchev–Trinajstić information content (AvgIpc) is 2.48. The molecule has 0 amide bonds. The number of nitrogens with zero attached hydrogens (tertiary/aromatic N) is 1. The Morgan fingerprint density at radius 3 is 2.52 bits per heavy atom. The van der Waals surface area contributed by atoms with Crippen molar-refractivity contribution in [2.45, 2.75) is 0 Å². The number of hydrogen-bond donors (Lipinski definition) is 0. The summed E-state index contributed by atoms with van der Waals surface area (Å²) < 4.78 is 26.7. The van der Waals surface area contributed by atoms with Crippen LogP contribution in [-0.4, -0.2) is 10.8 Å². The molecule has 0 saturated carbocycles. The Balaban J connectivity index is 2.12. The van der Waals surface area contributed by atoms with Gasteiger partial charge in [0.05, 0.1) is 5.52 Å². The predicted molar refractivity (Wildman–Crippen MR) is 79.2 cm³/mol. The zero-order valence-corrected chi connectivity index (χ0v) is 12.2. The van der Waals surface area contributed by atoms with Gasteiger partial charge in [-0.2, -0.15) is 0 Å². The Hall–Kier alpha value is -2.14. The van der Waals surface area contributed by atoms with Crippen LogP contribution in [0.5, 0.6) is 0 Å². The zero-order chi connectivity index (χ0) is 15.0. The maximum absolute atomic E-state index is 13.2. The van der Waals surface area contributed by atoms with Crippen molar-refractivity contribution in [2.75, 3.05) is 0 Å². The van der Waals surface area contributed by atoms with Crippen LogP contribution in [-0.2, 0) is 0 Å². The van der Waals surface area contributed by atoms with E-state index in [4.69, 9.17) is 0 Å². The number of carbonyl (C=O) groups excluding carboxylic acids is 1. The lowest BCUT2D eigenvalue weighted by atomic mass is 10.1. The molecule has 0 aliphatic rings. The molecule has 0 N–H and O–H groups in total. The third-order valence-corrected chi connectivity index (χ3v) is 3.68. The standard InChI is InChI=1S/C16H8BrF2NO/c17-11-7-9-3-1-2-4-14(9)20-15(11)16(21)10-5-6-12(18)13(19)8-10/h1-8H. The molecule has 5 heteroatoms. The van der Waals surface area contributed by atoms with Crippen LogP contribution in [0, 0.1) is 11.6 Å². The molecular weight excluding hydrogens is 340 g/mol. The van der Waals surface area contributed by atoms with Crippen LogP contribution < -0.4 is 0 Å². The highest BCUT2D eigenvalue weighted by Crippen LogP contribution is 2.24. The molecule has 0 atom stereocenters. The highest BCUT2D eigenvalue weighted by molar-refractivity contribution is 9.10. The van der Waals surface area contributed by atoms with Crippen LogP contribution in [0.1, 0.15) is 16.1 Å². The van der Waals surface area contributed by atoms with Crippen LogP contribution in [0.3, 0.4) is 0 Å². The van der Waals surface area contributed by atoms with Crippen LogP contribution in [0.4, 0.5) is 8.78 Å². The van der Waals surface area contributed by atoms with Crippen molar-refractivity contribution in [1.82, 2.24) is 4.98 Å². The van der Waals surface area contributed by atoms with E-state index in [0.29, 0.717) is 9.99 Å². The Bertz CT molecular complexity index is 864. The van der Waals surface area contributed by atoms with Gasteiger partial charge in [0.2, 0.25) is 5.78 Å². The first-order valence-corrected chi connectivity index (χ1v) is 6.90. The summed E-state index contributed by atoms with van der Waals surface area (Å²) in [6.07, 6.45) is 0. The summed E-state index contributed by atoms with van der Waals surface area (Å²) in [4.78, 5) is 16.7. The minimum absolute atomic E-state index is 0.0531. The average molecular weight is 348 g/mol. The Kier molecular flexibility index (Phi) is 3.51. The smallest absolute Gasteiger partial charge is 0.212 e. The van der Waals surface area contributed by atoms with Crippen molar-refractivity contribution < 1.29 is 13.6 Å². The molecule has 0 saturated heterocycles. The largest absolute Gasteiger partial charge is 0.287 e.